The average Bonchev–Trinajstić information content (AvgIpc) is 3.27. The van der Waals surface area contributed by atoms with Gasteiger partial charge >= 0.3 is 5.97 Å². The van der Waals surface area contributed by atoms with E-state index in [1.54, 1.807) is 0 Å². The fraction of sp³-hybridized carbons (Fsp3) is 0.561. The van der Waals surface area contributed by atoms with Gasteiger partial charge in [-0.3, -0.25) is 4.79 Å². The Morgan fingerprint density at radius 1 is 0.393 bits per heavy atom. The molecule has 0 amide bonds. The summed E-state index contributed by atoms with van der Waals surface area (Å²) in [7, 11) is 0. The Hall–Kier alpha value is -3.73. The van der Waals surface area contributed by atoms with Gasteiger partial charge in [-0.15, -0.1) is 0 Å². The van der Waals surface area contributed by atoms with Crippen molar-refractivity contribution in [1.29, 1.82) is 0 Å². The highest BCUT2D eigenvalue weighted by atomic mass is 16.6. The number of aliphatic hydroxyl groups excluding tert-OH is 1. The van der Waals surface area contributed by atoms with Crippen LogP contribution in [0.1, 0.15) is 181 Å². The van der Waals surface area contributed by atoms with Crippen molar-refractivity contribution in [1.82, 2.24) is 0 Å². The fourth-order valence-electron chi connectivity index (χ4n) is 6.11. The van der Waals surface area contributed by atoms with E-state index in [9.17, 15) is 9.90 Å². The largest absolute Gasteiger partial charge is 0.457 e. The summed E-state index contributed by atoms with van der Waals surface area (Å²) >= 11 is 0. The van der Waals surface area contributed by atoms with Crippen LogP contribution in [0.15, 0.2) is 146 Å². The van der Waals surface area contributed by atoms with E-state index in [2.05, 4.69) is 160 Å². The number of hydrogen-bond acceptors (Lipinski definition) is 4. The topological polar surface area (TPSA) is 55.8 Å². The minimum atomic E-state index is -0.580. The maximum absolute atomic E-state index is 12.2. The number of hydrogen-bond donors (Lipinski definition) is 1. The zero-order valence-corrected chi connectivity index (χ0v) is 39.1. The van der Waals surface area contributed by atoms with E-state index in [0.29, 0.717) is 13.0 Å². The number of carbonyl (C=O) groups excluding carboxylic acids is 1. The summed E-state index contributed by atoms with van der Waals surface area (Å²) in [5.74, 6) is -0.265. The lowest BCUT2D eigenvalue weighted by Crippen LogP contribution is -2.27. The number of carbonyl (C=O) groups is 1. The van der Waals surface area contributed by atoms with Gasteiger partial charge in [0, 0.05) is 13.0 Å². The van der Waals surface area contributed by atoms with Crippen molar-refractivity contribution in [2.24, 2.45) is 0 Å². The normalized spacial score (nSPS) is 13.7. The van der Waals surface area contributed by atoms with Gasteiger partial charge in [-0.2, -0.15) is 0 Å². The van der Waals surface area contributed by atoms with Crippen molar-refractivity contribution in [3.05, 3.63) is 146 Å². The quantitative estimate of drug-likeness (QED) is 0.0378. The summed E-state index contributed by atoms with van der Waals surface area (Å²) in [5.41, 5.74) is 0. The lowest BCUT2D eigenvalue weighted by atomic mass is 10.1. The summed E-state index contributed by atoms with van der Waals surface area (Å²) in [6, 6.07) is 0. The first-order valence-corrected chi connectivity index (χ1v) is 24.4. The van der Waals surface area contributed by atoms with E-state index < -0.39 is 6.10 Å². The van der Waals surface area contributed by atoms with Gasteiger partial charge in [0.25, 0.3) is 0 Å². The van der Waals surface area contributed by atoms with Gasteiger partial charge in [-0.25, -0.2) is 0 Å². The monoisotopic (exact) mass is 839 g/mol. The molecular weight excluding hydrogens is 749 g/mol. The predicted octanol–water partition coefficient (Wildman–Crippen LogP) is 16.8. The standard InChI is InChI=1S/C57H90O4/c1-3-5-7-9-11-13-15-17-19-21-23-25-27-28-29-31-33-35-37-39-41-43-45-47-49-51-53-60-55-56(54-58)61-57(59)52-50-48-46-44-42-40-38-36-34-32-30-26-24-22-20-18-16-14-12-10-8-6-4-2/h5-8,11-14,17-20,23-26,28-29,32,34,38,40,44,46,56,58H,3-4,9-10,15-16,21-22,27,30-31,33,35-37,39,41-43,45,47-55H2,1-2H3/b7-5-,8-6-,13-11-,14-12-,19-17-,20-18-,25-23-,26-24-,29-28-,34-32-,40-38-,46-44-. The van der Waals surface area contributed by atoms with Crippen LogP contribution in [0.3, 0.4) is 0 Å². The average molecular weight is 839 g/mol. The fourth-order valence-corrected chi connectivity index (χ4v) is 6.11. The minimum Gasteiger partial charge on any atom is -0.457 e. The predicted molar refractivity (Wildman–Crippen MR) is 269 cm³/mol. The Balaban J connectivity index is 3.59. The maximum Gasteiger partial charge on any atom is 0.306 e. The molecule has 1 atom stereocenters. The van der Waals surface area contributed by atoms with Crippen LogP contribution in [0.4, 0.5) is 0 Å². The lowest BCUT2D eigenvalue weighted by molar-refractivity contribution is -0.154. The molecule has 0 rings (SSSR count). The van der Waals surface area contributed by atoms with Crippen LogP contribution in [0, 0.1) is 0 Å². The second-order valence-electron chi connectivity index (χ2n) is 15.4. The first-order valence-electron chi connectivity index (χ1n) is 24.4. The van der Waals surface area contributed by atoms with Crippen molar-refractivity contribution in [2.75, 3.05) is 19.8 Å². The van der Waals surface area contributed by atoms with Crippen LogP contribution in [-0.4, -0.2) is 37.0 Å². The molecule has 1 unspecified atom stereocenters. The molecule has 0 fully saturated rings. The molecular formula is C57H90O4. The molecule has 0 saturated carbocycles. The highest BCUT2D eigenvalue weighted by Gasteiger charge is 2.13. The summed E-state index contributed by atoms with van der Waals surface area (Å²) in [6.07, 6.45) is 80.7. The third kappa shape index (κ3) is 50.5. The van der Waals surface area contributed by atoms with Gasteiger partial charge < -0.3 is 14.6 Å². The van der Waals surface area contributed by atoms with Crippen molar-refractivity contribution >= 4 is 5.97 Å². The number of ether oxygens (including phenoxy) is 2. The molecule has 0 aromatic heterocycles. The van der Waals surface area contributed by atoms with Crippen LogP contribution >= 0.6 is 0 Å². The number of esters is 1. The molecule has 0 aliphatic rings. The second-order valence-corrected chi connectivity index (χ2v) is 15.4. The smallest absolute Gasteiger partial charge is 0.306 e. The first-order chi connectivity index (χ1) is 30.2. The van der Waals surface area contributed by atoms with Gasteiger partial charge in [-0.1, -0.05) is 211 Å². The van der Waals surface area contributed by atoms with Crippen LogP contribution < -0.4 is 0 Å². The zero-order chi connectivity index (χ0) is 44.0. The molecule has 0 aromatic rings. The maximum atomic E-state index is 12.2. The Morgan fingerprint density at radius 3 is 1.03 bits per heavy atom. The second kappa shape index (κ2) is 52.4. The van der Waals surface area contributed by atoms with Crippen LogP contribution in [0.5, 0.6) is 0 Å². The van der Waals surface area contributed by atoms with Crippen LogP contribution in [-0.2, 0) is 14.3 Å². The van der Waals surface area contributed by atoms with Crippen LogP contribution in [0.2, 0.25) is 0 Å². The number of rotatable bonds is 43. The van der Waals surface area contributed by atoms with E-state index in [0.717, 1.165) is 103 Å². The lowest BCUT2D eigenvalue weighted by Gasteiger charge is -2.15. The number of aliphatic hydroxyl groups is 1. The highest BCUT2D eigenvalue weighted by molar-refractivity contribution is 5.69. The summed E-state index contributed by atoms with van der Waals surface area (Å²) in [4.78, 5) is 12.2. The van der Waals surface area contributed by atoms with E-state index >= 15 is 0 Å². The van der Waals surface area contributed by atoms with E-state index in [-0.39, 0.29) is 19.2 Å². The number of unbranched alkanes of at least 4 members (excludes halogenated alkanes) is 11. The molecule has 0 aliphatic carbocycles. The van der Waals surface area contributed by atoms with Gasteiger partial charge in [0.1, 0.15) is 6.10 Å². The molecule has 0 saturated heterocycles. The van der Waals surface area contributed by atoms with E-state index in [1.807, 2.05) is 0 Å². The van der Waals surface area contributed by atoms with Gasteiger partial charge in [0.2, 0.25) is 0 Å². The molecule has 0 radical (unpaired) electrons. The Kier molecular flexibility index (Phi) is 49.2. The molecule has 0 spiro atoms. The summed E-state index contributed by atoms with van der Waals surface area (Å²) in [6.45, 7) is 5.02. The third-order valence-corrected chi connectivity index (χ3v) is 9.66. The highest BCUT2D eigenvalue weighted by Crippen LogP contribution is 2.12. The van der Waals surface area contributed by atoms with E-state index in [4.69, 9.17) is 9.47 Å². The Labute approximate surface area is 376 Å². The molecule has 0 aliphatic heterocycles. The van der Waals surface area contributed by atoms with Gasteiger partial charge in [-0.05, 0) is 109 Å². The first kappa shape index (κ1) is 57.3. The van der Waals surface area contributed by atoms with Crippen molar-refractivity contribution in [3.63, 3.8) is 0 Å². The van der Waals surface area contributed by atoms with Crippen LogP contribution in [0.25, 0.3) is 0 Å². The third-order valence-electron chi connectivity index (χ3n) is 9.66. The van der Waals surface area contributed by atoms with Gasteiger partial charge in [0.05, 0.1) is 13.2 Å². The Morgan fingerprint density at radius 2 is 0.689 bits per heavy atom. The summed E-state index contributed by atoms with van der Waals surface area (Å²) < 4.78 is 11.2. The number of allylic oxidation sites excluding steroid dienone is 24. The molecule has 0 bridgehead atoms. The van der Waals surface area contributed by atoms with E-state index in [1.165, 1.54) is 57.8 Å². The minimum absolute atomic E-state index is 0.207. The molecule has 61 heavy (non-hydrogen) atoms. The summed E-state index contributed by atoms with van der Waals surface area (Å²) in [5, 5.41) is 9.64. The van der Waals surface area contributed by atoms with Gasteiger partial charge in [0.15, 0.2) is 0 Å². The van der Waals surface area contributed by atoms with Crippen molar-refractivity contribution in [2.45, 2.75) is 187 Å². The molecule has 1 N–H and O–H groups in total. The zero-order valence-electron chi connectivity index (χ0n) is 39.1. The SMILES string of the molecule is CC/C=C\C/C=C\C/C=C\C/C=C\C/C=C\C/C=C\C/C=C\CCCC(=O)OC(CO)COCCCCCCCCCCCC/C=C\C/C=C\C/C=C\C/C=C\C/C=C\CC. The molecule has 0 aromatic carbocycles. The molecule has 342 valence electrons. The van der Waals surface area contributed by atoms with Crippen molar-refractivity contribution in [3.8, 4) is 0 Å². The molecule has 4 nitrogen and oxygen atoms in total. The Bertz CT molecular complexity index is 1300. The molecule has 4 heteroatoms. The van der Waals surface area contributed by atoms with Crippen molar-refractivity contribution < 1.29 is 19.4 Å². The molecule has 0 heterocycles.